The van der Waals surface area contributed by atoms with Crippen LogP contribution in [0.15, 0.2) is 54.6 Å². The molecule has 122 valence electrons. The molecule has 0 aliphatic carbocycles. The van der Waals surface area contributed by atoms with Crippen molar-refractivity contribution >= 4 is 5.83 Å². The van der Waals surface area contributed by atoms with Gasteiger partial charge in [0, 0.05) is 5.56 Å². The summed E-state index contributed by atoms with van der Waals surface area (Å²) in [4.78, 5) is 0. The molecule has 0 aliphatic heterocycles. The van der Waals surface area contributed by atoms with Gasteiger partial charge in [-0.2, -0.15) is 0 Å². The van der Waals surface area contributed by atoms with E-state index in [2.05, 4.69) is 38.1 Å². The van der Waals surface area contributed by atoms with Gasteiger partial charge in [-0.3, -0.25) is 0 Å². The number of aryl methyl sites for hydroxylation is 3. The van der Waals surface area contributed by atoms with Gasteiger partial charge in [0.05, 0.1) is 0 Å². The Morgan fingerprint density at radius 1 is 0.739 bits per heavy atom. The van der Waals surface area contributed by atoms with Crippen molar-refractivity contribution in [1.82, 2.24) is 0 Å². The van der Waals surface area contributed by atoms with Crippen LogP contribution in [0.25, 0.3) is 5.83 Å². The van der Waals surface area contributed by atoms with Gasteiger partial charge in [-0.15, -0.1) is 0 Å². The molecule has 0 N–H and O–H groups in total. The fourth-order valence-corrected chi connectivity index (χ4v) is 2.67. The summed E-state index contributed by atoms with van der Waals surface area (Å²) in [5.41, 5.74) is 4.72. The molecule has 0 amide bonds. The van der Waals surface area contributed by atoms with Crippen LogP contribution in [-0.4, -0.2) is 0 Å². The maximum atomic E-state index is 13.9. The summed E-state index contributed by atoms with van der Waals surface area (Å²) in [5.74, 6) is -0.107. The first-order chi connectivity index (χ1) is 11.2. The van der Waals surface area contributed by atoms with Crippen LogP contribution in [0, 0.1) is 0 Å². The van der Waals surface area contributed by atoms with Crippen LogP contribution in [0.1, 0.15) is 55.4 Å². The molecule has 0 bridgehead atoms. The molecule has 2 rings (SSSR count). The predicted octanol–water partition coefficient (Wildman–Crippen LogP) is 6.53. The van der Waals surface area contributed by atoms with Crippen molar-refractivity contribution in [1.29, 1.82) is 0 Å². The SMILES string of the molecule is CCC/C=C(/F)c1ccc(CCc2ccc(CCC)cc2)cc1. The topological polar surface area (TPSA) is 0 Å². The maximum absolute atomic E-state index is 13.9. The molecule has 0 fully saturated rings. The Hall–Kier alpha value is -1.89. The second-order valence-electron chi connectivity index (χ2n) is 6.10. The van der Waals surface area contributed by atoms with Crippen molar-refractivity contribution in [2.45, 2.75) is 52.4 Å². The van der Waals surface area contributed by atoms with E-state index >= 15 is 0 Å². The van der Waals surface area contributed by atoms with Crippen molar-refractivity contribution in [3.63, 3.8) is 0 Å². The molecular formula is C22H27F. The van der Waals surface area contributed by atoms with Gasteiger partial charge >= 0.3 is 0 Å². The summed E-state index contributed by atoms with van der Waals surface area (Å²) < 4.78 is 13.9. The zero-order valence-electron chi connectivity index (χ0n) is 14.3. The maximum Gasteiger partial charge on any atom is 0.126 e. The molecule has 2 aromatic rings. The largest absolute Gasteiger partial charge is 0.207 e. The Morgan fingerprint density at radius 2 is 1.22 bits per heavy atom. The van der Waals surface area contributed by atoms with E-state index in [4.69, 9.17) is 0 Å². The lowest BCUT2D eigenvalue weighted by Crippen LogP contribution is -1.92. The van der Waals surface area contributed by atoms with Crippen LogP contribution in [0.5, 0.6) is 0 Å². The quantitative estimate of drug-likeness (QED) is 0.519. The monoisotopic (exact) mass is 310 g/mol. The van der Waals surface area contributed by atoms with Crippen molar-refractivity contribution in [2.24, 2.45) is 0 Å². The molecular weight excluding hydrogens is 283 g/mol. The van der Waals surface area contributed by atoms with E-state index in [1.165, 1.54) is 23.1 Å². The zero-order valence-corrected chi connectivity index (χ0v) is 14.3. The Morgan fingerprint density at radius 3 is 1.70 bits per heavy atom. The third-order valence-corrected chi connectivity index (χ3v) is 4.11. The van der Waals surface area contributed by atoms with E-state index < -0.39 is 0 Å². The summed E-state index contributed by atoms with van der Waals surface area (Å²) in [5, 5.41) is 0. The van der Waals surface area contributed by atoms with Crippen LogP contribution in [-0.2, 0) is 19.3 Å². The molecule has 0 heterocycles. The van der Waals surface area contributed by atoms with Gasteiger partial charge in [-0.25, -0.2) is 4.39 Å². The second-order valence-corrected chi connectivity index (χ2v) is 6.10. The minimum Gasteiger partial charge on any atom is -0.207 e. The summed E-state index contributed by atoms with van der Waals surface area (Å²) in [7, 11) is 0. The molecule has 0 unspecified atom stereocenters. The van der Waals surface area contributed by atoms with Crippen LogP contribution >= 0.6 is 0 Å². The zero-order chi connectivity index (χ0) is 16.5. The Balaban J connectivity index is 1.91. The van der Waals surface area contributed by atoms with Gasteiger partial charge in [0.25, 0.3) is 0 Å². The Bertz CT molecular complexity index is 605. The lowest BCUT2D eigenvalue weighted by atomic mass is 10.0. The van der Waals surface area contributed by atoms with Gasteiger partial charge in [0.2, 0.25) is 0 Å². The minimum atomic E-state index is -0.107. The van der Waals surface area contributed by atoms with Gasteiger partial charge in [-0.1, -0.05) is 75.2 Å². The lowest BCUT2D eigenvalue weighted by molar-refractivity contribution is 0.750. The number of benzene rings is 2. The van der Waals surface area contributed by atoms with Gasteiger partial charge in [0.1, 0.15) is 5.83 Å². The van der Waals surface area contributed by atoms with Gasteiger partial charge < -0.3 is 0 Å². The third-order valence-electron chi connectivity index (χ3n) is 4.11. The molecule has 0 aromatic heterocycles. The number of unbranched alkanes of at least 4 members (excludes halogenated alkanes) is 1. The first-order valence-corrected chi connectivity index (χ1v) is 8.75. The Kier molecular flexibility index (Phi) is 7.06. The smallest absolute Gasteiger partial charge is 0.126 e. The van der Waals surface area contributed by atoms with Crippen molar-refractivity contribution in [3.8, 4) is 0 Å². The van der Waals surface area contributed by atoms with Crippen molar-refractivity contribution < 1.29 is 4.39 Å². The first kappa shape index (κ1) is 17.5. The summed E-state index contributed by atoms with van der Waals surface area (Å²) >= 11 is 0. The standard InChI is InChI=1S/C22H27F/c1-3-5-7-22(23)21-16-14-20(15-17-21)13-12-19-10-8-18(6-4-2)9-11-19/h7-11,14-17H,3-6,12-13H2,1-2H3/b22-7+. The van der Waals surface area contributed by atoms with E-state index in [-0.39, 0.29) is 5.83 Å². The van der Waals surface area contributed by atoms with Crippen molar-refractivity contribution in [2.75, 3.05) is 0 Å². The van der Waals surface area contributed by atoms with Crippen LogP contribution in [0.4, 0.5) is 4.39 Å². The lowest BCUT2D eigenvalue weighted by Gasteiger charge is -2.05. The molecule has 0 radical (unpaired) electrons. The molecule has 0 saturated heterocycles. The first-order valence-electron chi connectivity index (χ1n) is 8.75. The average Bonchev–Trinajstić information content (AvgIpc) is 2.60. The molecule has 0 spiro atoms. The average molecular weight is 310 g/mol. The molecule has 0 saturated carbocycles. The van der Waals surface area contributed by atoms with E-state index in [1.807, 2.05) is 24.3 Å². The molecule has 2 aromatic carbocycles. The second kappa shape index (κ2) is 9.29. The Labute approximate surface area is 140 Å². The molecule has 0 atom stereocenters. The van der Waals surface area contributed by atoms with E-state index in [0.29, 0.717) is 5.56 Å². The normalized spacial score (nSPS) is 11.7. The summed E-state index contributed by atoms with van der Waals surface area (Å²) in [6, 6.07) is 16.8. The molecule has 0 aliphatic rings. The number of allylic oxidation sites excluding steroid dienone is 1. The number of hydrogen-bond donors (Lipinski definition) is 0. The van der Waals surface area contributed by atoms with Gasteiger partial charge in [-0.05, 0) is 48.4 Å². The summed E-state index contributed by atoms with van der Waals surface area (Å²) in [6.07, 6.45) is 7.80. The minimum absolute atomic E-state index is 0.107. The predicted molar refractivity (Wildman–Crippen MR) is 98.3 cm³/mol. The van der Waals surface area contributed by atoms with Crippen LogP contribution in [0.2, 0.25) is 0 Å². The summed E-state index contributed by atoms with van der Waals surface area (Å²) in [6.45, 7) is 4.26. The number of halogens is 1. The van der Waals surface area contributed by atoms with Gasteiger partial charge in [0.15, 0.2) is 0 Å². The van der Waals surface area contributed by atoms with E-state index in [0.717, 1.165) is 32.1 Å². The molecule has 0 nitrogen and oxygen atoms in total. The fraction of sp³-hybridized carbons (Fsp3) is 0.364. The fourth-order valence-electron chi connectivity index (χ4n) is 2.67. The highest BCUT2D eigenvalue weighted by molar-refractivity contribution is 5.59. The highest BCUT2D eigenvalue weighted by atomic mass is 19.1. The van der Waals surface area contributed by atoms with E-state index in [1.54, 1.807) is 6.08 Å². The van der Waals surface area contributed by atoms with Crippen LogP contribution < -0.4 is 0 Å². The molecule has 1 heteroatoms. The third kappa shape index (κ3) is 5.67. The van der Waals surface area contributed by atoms with Crippen LogP contribution in [0.3, 0.4) is 0 Å². The van der Waals surface area contributed by atoms with E-state index in [9.17, 15) is 4.39 Å². The molecule has 23 heavy (non-hydrogen) atoms. The highest BCUT2D eigenvalue weighted by Crippen LogP contribution is 2.18. The van der Waals surface area contributed by atoms with Crippen molar-refractivity contribution in [3.05, 3.63) is 76.9 Å². The highest BCUT2D eigenvalue weighted by Gasteiger charge is 2.01. The number of rotatable bonds is 8. The number of hydrogen-bond acceptors (Lipinski definition) is 0.